The van der Waals surface area contributed by atoms with Crippen LogP contribution in [0.25, 0.3) is 6.08 Å². The number of amides is 3. The van der Waals surface area contributed by atoms with Crippen LogP contribution in [0.3, 0.4) is 0 Å². The van der Waals surface area contributed by atoms with Gasteiger partial charge in [0, 0.05) is 21.9 Å². The Kier molecular flexibility index (Phi) is 6.78. The van der Waals surface area contributed by atoms with Crippen molar-refractivity contribution in [2.24, 2.45) is 0 Å². The number of carbonyl (C=O) groups is 3. The molecule has 0 aliphatic carbocycles. The molecule has 120 valence electrons. The van der Waals surface area contributed by atoms with E-state index in [1.807, 2.05) is 19.1 Å². The average molecular weight is 324 g/mol. The van der Waals surface area contributed by atoms with E-state index in [0.29, 0.717) is 0 Å². The van der Waals surface area contributed by atoms with E-state index in [1.165, 1.54) is 13.0 Å². The molecule has 7 heteroatoms. The molecule has 0 bridgehead atoms. The van der Waals surface area contributed by atoms with Gasteiger partial charge in [-0.05, 0) is 45.9 Å². The maximum atomic E-state index is 11.7. The van der Waals surface area contributed by atoms with Crippen LogP contribution in [0.15, 0.2) is 18.2 Å². The normalized spacial score (nSPS) is 12.2. The molecule has 0 aromatic carbocycles. The maximum absolute atomic E-state index is 11.7. The van der Waals surface area contributed by atoms with Crippen molar-refractivity contribution >= 4 is 35.3 Å². The second-order valence-electron chi connectivity index (χ2n) is 4.98. The van der Waals surface area contributed by atoms with E-state index in [4.69, 9.17) is 4.74 Å². The molecule has 2 N–H and O–H groups in total. The third kappa shape index (κ3) is 6.53. The predicted molar refractivity (Wildman–Crippen MR) is 85.5 cm³/mol. The fourth-order valence-electron chi connectivity index (χ4n) is 1.47. The Morgan fingerprint density at radius 1 is 1.23 bits per heavy atom. The number of aryl methyl sites for hydroxylation is 1. The molecule has 6 nitrogen and oxygen atoms in total. The summed E-state index contributed by atoms with van der Waals surface area (Å²) in [7, 11) is 0. The zero-order chi connectivity index (χ0) is 16.7. The first kappa shape index (κ1) is 17.9. The standard InChI is InChI=1S/C15H20N2O4S/c1-9(2)16-15(20)17-14(19)11(4)21-13(18)8-7-12-6-5-10(3)22-12/h5-9,11H,1-4H3,(H2,16,17,19,20)/b8-7+/t11-/m0/s1. The van der Waals surface area contributed by atoms with Gasteiger partial charge in [0.15, 0.2) is 6.10 Å². The number of nitrogens with one attached hydrogen (secondary N) is 2. The molecule has 0 spiro atoms. The molecule has 0 unspecified atom stereocenters. The highest BCUT2D eigenvalue weighted by atomic mass is 32.1. The highest BCUT2D eigenvalue weighted by molar-refractivity contribution is 7.12. The van der Waals surface area contributed by atoms with Gasteiger partial charge in [-0.2, -0.15) is 0 Å². The molecule has 1 rings (SSSR count). The number of hydrogen-bond acceptors (Lipinski definition) is 5. The Morgan fingerprint density at radius 3 is 2.45 bits per heavy atom. The molecule has 0 saturated heterocycles. The summed E-state index contributed by atoms with van der Waals surface area (Å²) in [4.78, 5) is 36.7. The molecular weight excluding hydrogens is 304 g/mol. The first-order chi connectivity index (χ1) is 10.3. The Labute approximate surface area is 133 Å². The molecule has 1 atom stereocenters. The van der Waals surface area contributed by atoms with Crippen LogP contribution in [0, 0.1) is 6.92 Å². The van der Waals surface area contributed by atoms with Crippen LogP contribution in [-0.4, -0.2) is 30.1 Å². The van der Waals surface area contributed by atoms with E-state index in [-0.39, 0.29) is 6.04 Å². The summed E-state index contributed by atoms with van der Waals surface area (Å²) in [5.41, 5.74) is 0. The number of carbonyl (C=O) groups excluding carboxylic acids is 3. The Hall–Kier alpha value is -2.15. The smallest absolute Gasteiger partial charge is 0.331 e. The van der Waals surface area contributed by atoms with Crippen molar-refractivity contribution in [2.75, 3.05) is 0 Å². The van der Waals surface area contributed by atoms with Crippen molar-refractivity contribution in [2.45, 2.75) is 39.8 Å². The summed E-state index contributed by atoms with van der Waals surface area (Å²) in [6.07, 6.45) is 1.82. The van der Waals surface area contributed by atoms with Gasteiger partial charge >= 0.3 is 12.0 Å². The monoisotopic (exact) mass is 324 g/mol. The second kappa shape index (κ2) is 8.33. The lowest BCUT2D eigenvalue weighted by atomic mass is 10.3. The van der Waals surface area contributed by atoms with Gasteiger partial charge in [0.25, 0.3) is 5.91 Å². The lowest BCUT2D eigenvalue weighted by Gasteiger charge is -2.13. The Balaban J connectivity index is 2.44. The molecule has 0 radical (unpaired) electrons. The van der Waals surface area contributed by atoms with Crippen molar-refractivity contribution in [1.82, 2.24) is 10.6 Å². The van der Waals surface area contributed by atoms with Crippen LogP contribution >= 0.6 is 11.3 Å². The second-order valence-corrected chi connectivity index (χ2v) is 6.30. The lowest BCUT2D eigenvalue weighted by molar-refractivity contribution is -0.149. The number of ether oxygens (including phenoxy) is 1. The zero-order valence-corrected chi connectivity index (χ0v) is 13.8. The quantitative estimate of drug-likeness (QED) is 0.642. The van der Waals surface area contributed by atoms with Crippen LogP contribution in [0.5, 0.6) is 0 Å². The van der Waals surface area contributed by atoms with Gasteiger partial charge in [-0.1, -0.05) is 0 Å². The molecule has 1 heterocycles. The highest BCUT2D eigenvalue weighted by Gasteiger charge is 2.19. The Bertz CT molecular complexity index is 578. The van der Waals surface area contributed by atoms with Crippen LogP contribution in [0.4, 0.5) is 4.79 Å². The van der Waals surface area contributed by atoms with Crippen molar-refractivity contribution in [3.05, 3.63) is 28.0 Å². The van der Waals surface area contributed by atoms with Crippen molar-refractivity contribution in [3.8, 4) is 0 Å². The first-order valence-corrected chi connectivity index (χ1v) is 7.66. The van der Waals surface area contributed by atoms with E-state index in [0.717, 1.165) is 9.75 Å². The van der Waals surface area contributed by atoms with Crippen LogP contribution in [0.1, 0.15) is 30.5 Å². The maximum Gasteiger partial charge on any atom is 0.331 e. The SMILES string of the molecule is Cc1ccc(/C=C/C(=O)O[C@@H](C)C(=O)NC(=O)NC(C)C)s1. The van der Waals surface area contributed by atoms with Crippen molar-refractivity contribution in [3.63, 3.8) is 0 Å². The van der Waals surface area contributed by atoms with Crippen molar-refractivity contribution in [1.29, 1.82) is 0 Å². The summed E-state index contributed by atoms with van der Waals surface area (Å²) in [6, 6.07) is 3.12. The number of thiophene rings is 1. The van der Waals surface area contributed by atoms with Gasteiger partial charge in [-0.25, -0.2) is 9.59 Å². The summed E-state index contributed by atoms with van der Waals surface area (Å²) in [5.74, 6) is -1.31. The number of esters is 1. The molecule has 3 amide bonds. The fraction of sp³-hybridized carbons (Fsp3) is 0.400. The van der Waals surface area contributed by atoms with Crippen LogP contribution in [0.2, 0.25) is 0 Å². The third-order valence-corrected chi connectivity index (χ3v) is 3.43. The number of hydrogen-bond donors (Lipinski definition) is 2. The number of urea groups is 1. The number of imide groups is 1. The van der Waals surface area contributed by atoms with E-state index in [2.05, 4.69) is 10.6 Å². The molecule has 0 aliphatic heterocycles. The minimum atomic E-state index is -1.06. The van der Waals surface area contributed by atoms with E-state index >= 15 is 0 Å². The van der Waals surface area contributed by atoms with Gasteiger partial charge in [0.2, 0.25) is 0 Å². The van der Waals surface area contributed by atoms with Gasteiger partial charge in [-0.3, -0.25) is 10.1 Å². The molecule has 1 aromatic heterocycles. The Morgan fingerprint density at radius 2 is 1.91 bits per heavy atom. The highest BCUT2D eigenvalue weighted by Crippen LogP contribution is 2.16. The predicted octanol–water partition coefficient (Wildman–Crippen LogP) is 2.24. The van der Waals surface area contributed by atoms with Gasteiger partial charge in [0.05, 0.1) is 0 Å². The van der Waals surface area contributed by atoms with Gasteiger partial charge < -0.3 is 10.1 Å². The third-order valence-electron chi connectivity index (χ3n) is 2.46. The summed E-state index contributed by atoms with van der Waals surface area (Å²) >= 11 is 1.54. The molecule has 0 aliphatic rings. The van der Waals surface area contributed by atoms with E-state index < -0.39 is 24.0 Å². The summed E-state index contributed by atoms with van der Waals surface area (Å²) < 4.78 is 4.93. The minimum absolute atomic E-state index is 0.0946. The zero-order valence-electron chi connectivity index (χ0n) is 13.0. The molecule has 22 heavy (non-hydrogen) atoms. The average Bonchev–Trinajstić information content (AvgIpc) is 2.81. The summed E-state index contributed by atoms with van der Waals surface area (Å²) in [5, 5.41) is 4.61. The van der Waals surface area contributed by atoms with E-state index in [1.54, 1.807) is 31.3 Å². The fourth-order valence-corrected chi connectivity index (χ4v) is 2.25. The lowest BCUT2D eigenvalue weighted by Crippen LogP contribution is -2.46. The van der Waals surface area contributed by atoms with Crippen LogP contribution in [-0.2, 0) is 14.3 Å². The topological polar surface area (TPSA) is 84.5 Å². The largest absolute Gasteiger partial charge is 0.449 e. The molecule has 0 fully saturated rings. The molecule has 1 aromatic rings. The van der Waals surface area contributed by atoms with Crippen molar-refractivity contribution < 1.29 is 19.1 Å². The van der Waals surface area contributed by atoms with Crippen LogP contribution < -0.4 is 10.6 Å². The van der Waals surface area contributed by atoms with Gasteiger partial charge in [-0.15, -0.1) is 11.3 Å². The minimum Gasteiger partial charge on any atom is -0.449 e. The number of rotatable bonds is 5. The first-order valence-electron chi connectivity index (χ1n) is 6.84. The van der Waals surface area contributed by atoms with Gasteiger partial charge in [0.1, 0.15) is 0 Å². The summed E-state index contributed by atoms with van der Waals surface area (Å²) in [6.45, 7) is 6.91. The molecule has 0 saturated carbocycles. The van der Waals surface area contributed by atoms with E-state index in [9.17, 15) is 14.4 Å². The molecular formula is C15H20N2O4S.